The van der Waals surface area contributed by atoms with Gasteiger partial charge in [-0.2, -0.15) is 0 Å². The molecule has 0 N–H and O–H groups in total. The molecule has 4 rings (SSSR count). The van der Waals surface area contributed by atoms with Crippen LogP contribution >= 0.6 is 0 Å². The molecule has 0 spiro atoms. The van der Waals surface area contributed by atoms with Crippen molar-refractivity contribution in [2.75, 3.05) is 25.0 Å². The van der Waals surface area contributed by atoms with Gasteiger partial charge >= 0.3 is 0 Å². The molecular weight excluding hydrogens is 320 g/mol. The zero-order chi connectivity index (χ0) is 18.3. The van der Waals surface area contributed by atoms with E-state index in [0.29, 0.717) is 6.54 Å². The van der Waals surface area contributed by atoms with Crippen molar-refractivity contribution in [3.63, 3.8) is 0 Å². The molecule has 2 heterocycles. The summed E-state index contributed by atoms with van der Waals surface area (Å²) in [6.07, 6.45) is 2.89. The maximum atomic E-state index is 12.8. The molecule has 0 bridgehead atoms. The van der Waals surface area contributed by atoms with E-state index >= 15 is 0 Å². The highest BCUT2D eigenvalue weighted by atomic mass is 16.1. The smallest absolute Gasteiger partial charge is 0.171 e. The van der Waals surface area contributed by atoms with Crippen molar-refractivity contribution in [3.8, 4) is 0 Å². The van der Waals surface area contributed by atoms with Gasteiger partial charge in [0.1, 0.15) is 0 Å². The lowest BCUT2D eigenvalue weighted by atomic mass is 9.83. The Morgan fingerprint density at radius 1 is 1.08 bits per heavy atom. The van der Waals surface area contributed by atoms with Crippen LogP contribution in [-0.4, -0.2) is 30.8 Å². The molecule has 0 atom stereocenters. The van der Waals surface area contributed by atoms with E-state index in [1.165, 1.54) is 22.4 Å². The van der Waals surface area contributed by atoms with Gasteiger partial charge in [0, 0.05) is 43.0 Å². The van der Waals surface area contributed by atoms with Crippen molar-refractivity contribution in [1.29, 1.82) is 0 Å². The van der Waals surface area contributed by atoms with Crippen LogP contribution in [0.15, 0.2) is 60.3 Å². The van der Waals surface area contributed by atoms with Crippen LogP contribution in [0.5, 0.6) is 0 Å². The van der Waals surface area contributed by atoms with Crippen molar-refractivity contribution in [3.05, 3.63) is 77.0 Å². The monoisotopic (exact) mass is 346 g/mol. The lowest BCUT2D eigenvalue weighted by molar-refractivity contribution is -0.116. The Bertz CT molecular complexity index is 881. The molecule has 0 fully saturated rings. The number of fused-ring (bicyclic) bond motifs is 2. The van der Waals surface area contributed by atoms with Gasteiger partial charge < -0.3 is 4.90 Å². The quantitative estimate of drug-likeness (QED) is 0.787. The van der Waals surface area contributed by atoms with E-state index in [2.05, 4.69) is 79.2 Å². The van der Waals surface area contributed by atoms with E-state index in [4.69, 9.17) is 0 Å². The molecule has 0 amide bonds. The second kappa shape index (κ2) is 6.40. The Labute approximate surface area is 155 Å². The van der Waals surface area contributed by atoms with Crippen LogP contribution in [0.25, 0.3) is 0 Å². The number of nitrogens with zero attached hydrogens (tertiary/aromatic N) is 2. The molecular formula is C23H26N2O. The Morgan fingerprint density at radius 2 is 1.77 bits per heavy atom. The summed E-state index contributed by atoms with van der Waals surface area (Å²) >= 11 is 0. The number of ketones is 1. The molecule has 26 heavy (non-hydrogen) atoms. The molecule has 0 aliphatic carbocycles. The highest BCUT2D eigenvalue weighted by Crippen LogP contribution is 2.46. The molecule has 0 saturated carbocycles. The molecule has 3 heteroatoms. The SMILES string of the molecule is CN1/C(=C\C(=O)CN2CCc3ccccc3C2)C(C)(C)c2ccccc21. The van der Waals surface area contributed by atoms with Crippen LogP contribution in [0.3, 0.4) is 0 Å². The summed E-state index contributed by atoms with van der Waals surface area (Å²) < 4.78 is 0. The molecule has 2 aromatic carbocycles. The number of carbonyl (C=O) groups excluding carboxylic acids is 1. The third kappa shape index (κ3) is 2.86. The predicted octanol–water partition coefficient (Wildman–Crippen LogP) is 3.93. The fraction of sp³-hybridized carbons (Fsp3) is 0.348. The number of allylic oxidation sites excluding steroid dienone is 1. The lowest BCUT2D eigenvalue weighted by Crippen LogP contribution is -2.35. The maximum Gasteiger partial charge on any atom is 0.171 e. The second-order valence-corrected chi connectivity index (χ2v) is 7.93. The summed E-state index contributed by atoms with van der Waals surface area (Å²) in [5.74, 6) is 0.187. The van der Waals surface area contributed by atoms with Gasteiger partial charge in [-0.25, -0.2) is 0 Å². The normalized spacial score (nSPS) is 20.1. The van der Waals surface area contributed by atoms with Crippen molar-refractivity contribution in [2.24, 2.45) is 0 Å². The Morgan fingerprint density at radius 3 is 2.54 bits per heavy atom. The molecule has 0 aromatic heterocycles. The molecule has 0 unspecified atom stereocenters. The zero-order valence-corrected chi connectivity index (χ0v) is 15.8. The average Bonchev–Trinajstić information content (AvgIpc) is 2.83. The highest BCUT2D eigenvalue weighted by Gasteiger charge is 2.38. The Kier molecular flexibility index (Phi) is 4.20. The predicted molar refractivity (Wildman–Crippen MR) is 106 cm³/mol. The number of carbonyl (C=O) groups is 1. The molecule has 2 aliphatic heterocycles. The topological polar surface area (TPSA) is 23.6 Å². The van der Waals surface area contributed by atoms with Crippen molar-refractivity contribution < 1.29 is 4.79 Å². The number of rotatable bonds is 3. The van der Waals surface area contributed by atoms with Crippen molar-refractivity contribution >= 4 is 11.5 Å². The van der Waals surface area contributed by atoms with Gasteiger partial charge in [-0.15, -0.1) is 0 Å². The fourth-order valence-electron chi connectivity index (χ4n) is 4.37. The van der Waals surface area contributed by atoms with Gasteiger partial charge in [-0.1, -0.05) is 56.3 Å². The van der Waals surface area contributed by atoms with Gasteiger partial charge in [0.25, 0.3) is 0 Å². The number of hydrogen-bond acceptors (Lipinski definition) is 3. The van der Waals surface area contributed by atoms with Gasteiger partial charge in [-0.05, 0) is 29.2 Å². The minimum Gasteiger partial charge on any atom is -0.347 e. The third-order valence-electron chi connectivity index (χ3n) is 5.83. The summed E-state index contributed by atoms with van der Waals surface area (Å²) in [6, 6.07) is 17.0. The summed E-state index contributed by atoms with van der Waals surface area (Å²) in [4.78, 5) is 17.2. The molecule has 2 aliphatic rings. The minimum atomic E-state index is -0.143. The summed E-state index contributed by atoms with van der Waals surface area (Å²) in [5.41, 5.74) is 6.19. The van der Waals surface area contributed by atoms with E-state index in [0.717, 1.165) is 25.2 Å². The van der Waals surface area contributed by atoms with Crippen LogP contribution in [0, 0.1) is 0 Å². The number of benzene rings is 2. The van der Waals surface area contributed by atoms with Gasteiger partial charge in [-0.3, -0.25) is 9.69 Å². The molecule has 0 saturated heterocycles. The second-order valence-electron chi connectivity index (χ2n) is 7.93. The Hall–Kier alpha value is -2.39. The first-order valence-corrected chi connectivity index (χ1v) is 9.34. The first-order chi connectivity index (χ1) is 12.5. The van der Waals surface area contributed by atoms with E-state index in [-0.39, 0.29) is 11.2 Å². The zero-order valence-electron chi connectivity index (χ0n) is 15.8. The van der Waals surface area contributed by atoms with E-state index in [1.807, 2.05) is 6.08 Å². The molecule has 3 nitrogen and oxygen atoms in total. The third-order valence-corrected chi connectivity index (χ3v) is 5.83. The average molecular weight is 346 g/mol. The number of hydrogen-bond donors (Lipinski definition) is 0. The standard InChI is InChI=1S/C23H26N2O/c1-23(2)20-10-6-7-11-21(20)24(3)22(23)14-19(26)16-25-13-12-17-8-4-5-9-18(17)15-25/h4-11,14H,12-13,15-16H2,1-3H3/b22-14-. The Balaban J connectivity index is 1.52. The highest BCUT2D eigenvalue weighted by molar-refractivity contribution is 5.94. The van der Waals surface area contributed by atoms with E-state index in [9.17, 15) is 4.79 Å². The summed E-state index contributed by atoms with van der Waals surface area (Å²) in [5, 5.41) is 0. The van der Waals surface area contributed by atoms with E-state index < -0.39 is 0 Å². The van der Waals surface area contributed by atoms with Crippen LogP contribution in [0.4, 0.5) is 5.69 Å². The molecule has 0 radical (unpaired) electrons. The fourth-order valence-corrected chi connectivity index (χ4v) is 4.37. The maximum absolute atomic E-state index is 12.8. The van der Waals surface area contributed by atoms with Crippen LogP contribution in [0.1, 0.15) is 30.5 Å². The van der Waals surface area contributed by atoms with Crippen LogP contribution < -0.4 is 4.90 Å². The van der Waals surface area contributed by atoms with Crippen LogP contribution in [0.2, 0.25) is 0 Å². The lowest BCUT2D eigenvalue weighted by Gasteiger charge is -2.28. The largest absolute Gasteiger partial charge is 0.347 e. The number of anilines is 1. The first-order valence-electron chi connectivity index (χ1n) is 9.34. The van der Waals surface area contributed by atoms with Gasteiger partial charge in [0.2, 0.25) is 0 Å². The number of likely N-dealkylation sites (N-methyl/N-ethyl adjacent to an activating group) is 1. The van der Waals surface area contributed by atoms with Crippen molar-refractivity contribution in [2.45, 2.75) is 32.2 Å². The van der Waals surface area contributed by atoms with Gasteiger partial charge in [0.15, 0.2) is 5.78 Å². The number of para-hydroxylation sites is 1. The van der Waals surface area contributed by atoms with Crippen molar-refractivity contribution in [1.82, 2.24) is 4.90 Å². The van der Waals surface area contributed by atoms with Gasteiger partial charge in [0.05, 0.1) is 6.54 Å². The molecule has 134 valence electrons. The van der Waals surface area contributed by atoms with E-state index in [1.54, 1.807) is 0 Å². The summed E-state index contributed by atoms with van der Waals surface area (Å²) in [6.45, 7) is 6.70. The summed E-state index contributed by atoms with van der Waals surface area (Å²) in [7, 11) is 2.06. The molecule has 2 aromatic rings. The first kappa shape index (κ1) is 17.0. The minimum absolute atomic E-state index is 0.143. The van der Waals surface area contributed by atoms with Crippen LogP contribution in [-0.2, 0) is 23.2 Å².